The number of benzene rings is 2. The van der Waals surface area contributed by atoms with Crippen molar-refractivity contribution in [1.82, 2.24) is 9.78 Å². The molecule has 0 radical (unpaired) electrons. The number of nitrogens with one attached hydrogen (secondary N) is 1. The third-order valence-electron chi connectivity index (χ3n) is 6.07. The number of rotatable bonds is 5. The van der Waals surface area contributed by atoms with Gasteiger partial charge >= 0.3 is 5.97 Å². The van der Waals surface area contributed by atoms with Gasteiger partial charge in [0.2, 0.25) is 5.76 Å². The Morgan fingerprint density at radius 1 is 1.18 bits per heavy atom. The Hall–Kier alpha value is -4.14. The maximum Gasteiger partial charge on any atom is 0.370 e. The van der Waals surface area contributed by atoms with E-state index in [0.29, 0.717) is 11.3 Å². The number of phenolic OH excluding ortho intramolecular Hbond substituents is 1. The molecule has 0 saturated carbocycles. The van der Waals surface area contributed by atoms with Crippen molar-refractivity contribution in [1.29, 1.82) is 0 Å². The standard InChI is InChI=1S/C24H22N4O5/c1-13-21(23(30)28(27-13)17-9-8-14-4-2-5-15(14)10-17)26-25-19-7-3-6-18(22(19)29)16-11-20(24(31)32)33-12-16/h3,6-11,16,27,29H,2,4-5,12H2,1H3,(H,31,32). The largest absolute Gasteiger partial charge is 0.505 e. The SMILES string of the molecule is Cc1[nH]n(-c2ccc3c(c2)CCC3)c(=O)c1N=Nc1cccc(C2C=C(C(=O)O)OC2)c1O. The Labute approximate surface area is 188 Å². The van der Waals surface area contributed by atoms with Crippen LogP contribution in [0.1, 0.15) is 34.7 Å². The van der Waals surface area contributed by atoms with Crippen molar-refractivity contribution in [3.8, 4) is 11.4 Å². The molecular weight excluding hydrogens is 424 g/mol. The Kier molecular flexibility index (Phi) is 5.08. The monoisotopic (exact) mass is 446 g/mol. The number of aromatic nitrogens is 2. The molecule has 168 valence electrons. The topological polar surface area (TPSA) is 129 Å². The van der Waals surface area contributed by atoms with E-state index in [1.807, 2.05) is 12.1 Å². The van der Waals surface area contributed by atoms with Gasteiger partial charge in [-0.15, -0.1) is 10.2 Å². The number of carboxylic acid groups (broad SMARTS) is 1. The van der Waals surface area contributed by atoms with Gasteiger partial charge in [0.25, 0.3) is 5.56 Å². The highest BCUT2D eigenvalue weighted by atomic mass is 16.5. The molecule has 3 N–H and O–H groups in total. The number of nitrogens with zero attached hydrogens (tertiary/aromatic N) is 3. The molecule has 0 saturated heterocycles. The smallest absolute Gasteiger partial charge is 0.370 e. The van der Waals surface area contributed by atoms with Crippen molar-refractivity contribution in [2.45, 2.75) is 32.1 Å². The Bertz CT molecular complexity index is 1380. The first-order valence-corrected chi connectivity index (χ1v) is 10.7. The number of azo groups is 1. The van der Waals surface area contributed by atoms with Crippen molar-refractivity contribution in [2.75, 3.05) is 6.61 Å². The Morgan fingerprint density at radius 2 is 2.00 bits per heavy atom. The van der Waals surface area contributed by atoms with E-state index in [1.54, 1.807) is 25.1 Å². The zero-order valence-electron chi connectivity index (χ0n) is 17.9. The van der Waals surface area contributed by atoms with Crippen LogP contribution in [0.4, 0.5) is 11.4 Å². The predicted octanol–water partition coefficient (Wildman–Crippen LogP) is 4.17. The molecule has 0 amide bonds. The number of para-hydroxylation sites is 1. The molecule has 1 atom stereocenters. The highest BCUT2D eigenvalue weighted by Gasteiger charge is 2.26. The quantitative estimate of drug-likeness (QED) is 0.507. The van der Waals surface area contributed by atoms with Crippen molar-refractivity contribution in [3.05, 3.63) is 81.0 Å². The van der Waals surface area contributed by atoms with Crippen LogP contribution in [0.15, 0.2) is 63.3 Å². The fourth-order valence-corrected chi connectivity index (χ4v) is 4.34. The maximum atomic E-state index is 13.0. The number of hydrogen-bond donors (Lipinski definition) is 3. The number of hydrogen-bond acceptors (Lipinski definition) is 6. The molecule has 5 rings (SSSR count). The van der Waals surface area contributed by atoms with Crippen molar-refractivity contribution in [3.63, 3.8) is 0 Å². The molecule has 2 heterocycles. The number of aromatic hydroxyl groups is 1. The first-order chi connectivity index (χ1) is 15.9. The lowest BCUT2D eigenvalue weighted by Crippen LogP contribution is -2.14. The van der Waals surface area contributed by atoms with Gasteiger partial charge in [0.1, 0.15) is 11.4 Å². The highest BCUT2D eigenvalue weighted by Crippen LogP contribution is 2.38. The number of phenols is 1. The van der Waals surface area contributed by atoms with E-state index >= 15 is 0 Å². The second-order valence-corrected chi connectivity index (χ2v) is 8.20. The molecule has 1 unspecified atom stereocenters. The van der Waals surface area contributed by atoms with Crippen molar-refractivity contribution in [2.24, 2.45) is 10.2 Å². The van der Waals surface area contributed by atoms with Crippen LogP contribution in [0.5, 0.6) is 5.75 Å². The maximum absolute atomic E-state index is 13.0. The molecule has 1 aliphatic heterocycles. The van der Waals surface area contributed by atoms with Gasteiger partial charge < -0.3 is 14.9 Å². The second-order valence-electron chi connectivity index (χ2n) is 8.20. The predicted molar refractivity (Wildman–Crippen MR) is 120 cm³/mol. The molecule has 1 aromatic heterocycles. The summed E-state index contributed by atoms with van der Waals surface area (Å²) in [7, 11) is 0. The Morgan fingerprint density at radius 3 is 2.79 bits per heavy atom. The van der Waals surface area contributed by atoms with Crippen LogP contribution < -0.4 is 5.56 Å². The first-order valence-electron chi connectivity index (χ1n) is 10.7. The van der Waals surface area contributed by atoms with Crippen LogP contribution in [-0.4, -0.2) is 32.6 Å². The zero-order chi connectivity index (χ0) is 23.1. The van der Waals surface area contributed by atoms with Gasteiger partial charge in [-0.2, -0.15) is 0 Å². The third kappa shape index (κ3) is 3.71. The van der Waals surface area contributed by atoms with E-state index in [2.05, 4.69) is 21.4 Å². The average molecular weight is 446 g/mol. The summed E-state index contributed by atoms with van der Waals surface area (Å²) in [6, 6.07) is 10.9. The molecule has 9 nitrogen and oxygen atoms in total. The van der Waals surface area contributed by atoms with Crippen molar-refractivity contribution >= 4 is 17.3 Å². The minimum Gasteiger partial charge on any atom is -0.505 e. The van der Waals surface area contributed by atoms with Gasteiger partial charge in [0, 0.05) is 11.5 Å². The summed E-state index contributed by atoms with van der Waals surface area (Å²) in [5, 5.41) is 31.0. The molecular formula is C24H22N4O5. The summed E-state index contributed by atoms with van der Waals surface area (Å²) < 4.78 is 6.61. The van der Waals surface area contributed by atoms with Crippen LogP contribution in [0, 0.1) is 6.92 Å². The van der Waals surface area contributed by atoms with Gasteiger partial charge in [-0.25, -0.2) is 9.48 Å². The molecule has 2 aromatic carbocycles. The van der Waals surface area contributed by atoms with Gasteiger partial charge in [0.15, 0.2) is 5.69 Å². The molecule has 0 spiro atoms. The highest BCUT2D eigenvalue weighted by molar-refractivity contribution is 5.85. The van der Waals surface area contributed by atoms with Gasteiger partial charge in [0.05, 0.1) is 18.0 Å². The van der Waals surface area contributed by atoms with Gasteiger partial charge in [-0.1, -0.05) is 18.2 Å². The number of carboxylic acids is 1. The molecule has 2 aliphatic rings. The molecule has 33 heavy (non-hydrogen) atoms. The Balaban J connectivity index is 1.45. The first kappa shape index (κ1) is 20.7. The molecule has 3 aromatic rings. The summed E-state index contributed by atoms with van der Waals surface area (Å²) in [6.45, 7) is 1.85. The summed E-state index contributed by atoms with van der Waals surface area (Å²) in [6.07, 6.45) is 4.65. The molecule has 9 heteroatoms. The van der Waals surface area contributed by atoms with E-state index in [0.717, 1.165) is 24.9 Å². The van der Waals surface area contributed by atoms with Crippen molar-refractivity contribution < 1.29 is 19.7 Å². The number of fused-ring (bicyclic) bond motifs is 1. The zero-order valence-corrected chi connectivity index (χ0v) is 17.9. The van der Waals surface area contributed by atoms with E-state index in [1.165, 1.54) is 21.9 Å². The lowest BCUT2D eigenvalue weighted by atomic mass is 9.98. The number of aryl methyl sites for hydroxylation is 3. The van der Waals surface area contributed by atoms with Gasteiger partial charge in [-0.3, -0.25) is 9.89 Å². The lowest BCUT2D eigenvalue weighted by Gasteiger charge is -2.10. The van der Waals surface area contributed by atoms with E-state index in [9.17, 15) is 14.7 Å². The minimum absolute atomic E-state index is 0.109. The number of ether oxygens (including phenoxy) is 1. The summed E-state index contributed by atoms with van der Waals surface area (Å²) >= 11 is 0. The molecule has 0 fully saturated rings. The number of H-pyrrole nitrogens is 1. The fourth-order valence-electron chi connectivity index (χ4n) is 4.34. The fraction of sp³-hybridized carbons (Fsp3) is 0.250. The molecule has 1 aliphatic carbocycles. The van der Waals surface area contributed by atoms with E-state index < -0.39 is 11.9 Å². The van der Waals surface area contributed by atoms with Crippen LogP contribution in [-0.2, 0) is 22.4 Å². The summed E-state index contributed by atoms with van der Waals surface area (Å²) in [5.41, 5.74) is 4.35. The third-order valence-corrected chi connectivity index (χ3v) is 6.07. The number of aliphatic carboxylic acids is 1. The van der Waals surface area contributed by atoms with Crippen LogP contribution >= 0.6 is 0 Å². The lowest BCUT2D eigenvalue weighted by molar-refractivity contribution is -0.136. The minimum atomic E-state index is -1.16. The van der Waals surface area contributed by atoms with Crippen LogP contribution in [0.3, 0.4) is 0 Å². The van der Waals surface area contributed by atoms with Crippen LogP contribution in [0.25, 0.3) is 5.69 Å². The normalized spacial score (nSPS) is 17.2. The number of carbonyl (C=O) groups is 1. The van der Waals surface area contributed by atoms with E-state index in [4.69, 9.17) is 9.84 Å². The van der Waals surface area contributed by atoms with Crippen LogP contribution in [0.2, 0.25) is 0 Å². The van der Waals surface area contributed by atoms with E-state index in [-0.39, 0.29) is 35.0 Å². The van der Waals surface area contributed by atoms with Gasteiger partial charge in [-0.05, 0) is 61.6 Å². The summed E-state index contributed by atoms with van der Waals surface area (Å²) in [5.74, 6) is -1.86. The summed E-state index contributed by atoms with van der Waals surface area (Å²) in [4.78, 5) is 24.1. The number of aromatic amines is 1. The molecule has 0 bridgehead atoms. The average Bonchev–Trinajstić information content (AvgIpc) is 3.52. The second kappa shape index (κ2) is 8.09.